The van der Waals surface area contributed by atoms with E-state index in [0.29, 0.717) is 12.3 Å². The number of nitrogens with zero attached hydrogens (tertiary/aromatic N) is 3. The first-order chi connectivity index (χ1) is 10.5. The molecule has 0 radical (unpaired) electrons. The quantitative estimate of drug-likeness (QED) is 0.854. The van der Waals surface area contributed by atoms with Crippen molar-refractivity contribution in [3.05, 3.63) is 40.3 Å². The van der Waals surface area contributed by atoms with E-state index in [4.69, 9.17) is 0 Å². The van der Waals surface area contributed by atoms with Crippen LogP contribution in [-0.4, -0.2) is 31.0 Å². The minimum Gasteiger partial charge on any atom is -0.373 e. The van der Waals surface area contributed by atoms with Crippen LogP contribution in [0, 0.1) is 12.8 Å². The third kappa shape index (κ3) is 2.99. The van der Waals surface area contributed by atoms with Crippen molar-refractivity contribution in [2.24, 2.45) is 5.92 Å². The summed E-state index contributed by atoms with van der Waals surface area (Å²) in [6, 6.07) is 8.14. The van der Waals surface area contributed by atoms with E-state index in [9.17, 15) is 4.79 Å². The predicted molar refractivity (Wildman–Crippen MR) is 91.8 cm³/mol. The van der Waals surface area contributed by atoms with Gasteiger partial charge in [0.2, 0.25) is 5.91 Å². The summed E-state index contributed by atoms with van der Waals surface area (Å²) in [5.74, 6) is 0.554. The predicted octanol–water partition coefficient (Wildman–Crippen LogP) is 3.11. The number of para-hydroxylation sites is 2. The van der Waals surface area contributed by atoms with Crippen LogP contribution in [0.2, 0.25) is 0 Å². The van der Waals surface area contributed by atoms with Crippen LogP contribution in [0.3, 0.4) is 0 Å². The topological polar surface area (TPSA) is 36.4 Å². The monoisotopic (exact) mass is 315 g/mol. The van der Waals surface area contributed by atoms with Crippen LogP contribution in [0.5, 0.6) is 0 Å². The van der Waals surface area contributed by atoms with Crippen LogP contribution < -0.4 is 9.80 Å². The lowest BCUT2D eigenvalue weighted by Crippen LogP contribution is -2.36. The molecule has 1 aromatic carbocycles. The van der Waals surface area contributed by atoms with Gasteiger partial charge in [-0.15, -0.1) is 11.3 Å². The van der Waals surface area contributed by atoms with Crippen molar-refractivity contribution in [2.45, 2.75) is 20.3 Å². The number of rotatable bonds is 2. The smallest absolute Gasteiger partial charge is 0.233 e. The van der Waals surface area contributed by atoms with Gasteiger partial charge in [0.25, 0.3) is 0 Å². The Morgan fingerprint density at radius 3 is 2.73 bits per heavy atom. The number of aromatic nitrogens is 1. The third-order valence-electron chi connectivity index (χ3n) is 3.96. The molecule has 2 aromatic rings. The fourth-order valence-electron chi connectivity index (χ4n) is 3.02. The van der Waals surface area contributed by atoms with Gasteiger partial charge in [-0.2, -0.15) is 0 Å². The van der Waals surface area contributed by atoms with Crippen LogP contribution in [0.25, 0.3) is 0 Å². The summed E-state index contributed by atoms with van der Waals surface area (Å²) in [5, 5.41) is 2.99. The number of amides is 1. The van der Waals surface area contributed by atoms with Gasteiger partial charge in [-0.25, -0.2) is 4.98 Å². The van der Waals surface area contributed by atoms with E-state index >= 15 is 0 Å². The Labute approximate surface area is 135 Å². The van der Waals surface area contributed by atoms with Gasteiger partial charge in [0.1, 0.15) is 0 Å². The molecule has 0 bridgehead atoms. The van der Waals surface area contributed by atoms with E-state index in [0.717, 1.165) is 35.2 Å². The van der Waals surface area contributed by atoms with Gasteiger partial charge < -0.3 is 9.80 Å². The zero-order valence-electron chi connectivity index (χ0n) is 13.2. The summed E-state index contributed by atoms with van der Waals surface area (Å²) >= 11 is 1.59. The van der Waals surface area contributed by atoms with Gasteiger partial charge in [0.15, 0.2) is 0 Å². The van der Waals surface area contributed by atoms with Crippen molar-refractivity contribution in [3.8, 4) is 0 Å². The molecule has 0 saturated heterocycles. The average Bonchev–Trinajstić information content (AvgIpc) is 2.83. The minimum absolute atomic E-state index is 0.125. The number of carbonyl (C=O) groups is 1. The maximum absolute atomic E-state index is 12.8. The first kappa shape index (κ1) is 15.0. The van der Waals surface area contributed by atoms with Crippen molar-refractivity contribution in [2.75, 3.05) is 29.9 Å². The van der Waals surface area contributed by atoms with Gasteiger partial charge in [-0.05, 0) is 25.0 Å². The molecule has 0 unspecified atom stereocenters. The molecule has 0 aliphatic carbocycles. The molecule has 22 heavy (non-hydrogen) atoms. The Morgan fingerprint density at radius 1 is 1.32 bits per heavy atom. The van der Waals surface area contributed by atoms with E-state index in [2.05, 4.69) is 29.9 Å². The summed E-state index contributed by atoms with van der Waals surface area (Å²) in [6.45, 7) is 5.87. The molecule has 3 rings (SSSR count). The summed E-state index contributed by atoms with van der Waals surface area (Å²) in [7, 11) is 2.09. The van der Waals surface area contributed by atoms with Gasteiger partial charge in [0.05, 0.1) is 28.5 Å². The van der Waals surface area contributed by atoms with Crippen molar-refractivity contribution in [1.82, 2.24) is 4.98 Å². The van der Waals surface area contributed by atoms with E-state index in [1.165, 1.54) is 0 Å². The fourth-order valence-corrected chi connectivity index (χ4v) is 3.64. The van der Waals surface area contributed by atoms with E-state index in [1.54, 1.807) is 11.3 Å². The number of anilines is 2. The highest BCUT2D eigenvalue weighted by molar-refractivity contribution is 7.09. The molecular weight excluding hydrogens is 294 g/mol. The highest BCUT2D eigenvalue weighted by Crippen LogP contribution is 2.32. The number of aryl methyl sites for hydroxylation is 1. The van der Waals surface area contributed by atoms with Crippen molar-refractivity contribution in [3.63, 3.8) is 0 Å². The number of hydrogen-bond donors (Lipinski definition) is 0. The SMILES string of the molecule is Cc1nc(CC(=O)N2C[C@@H](C)CN(C)c3ccccc32)cs1. The molecule has 0 saturated carbocycles. The molecule has 116 valence electrons. The zero-order valence-corrected chi connectivity index (χ0v) is 14.1. The number of thiazole rings is 1. The summed E-state index contributed by atoms with van der Waals surface area (Å²) in [5.41, 5.74) is 3.00. The number of carbonyl (C=O) groups excluding carboxylic acids is 1. The molecule has 1 atom stereocenters. The Bertz CT molecular complexity index is 682. The Morgan fingerprint density at radius 2 is 2.05 bits per heavy atom. The number of fused-ring (bicyclic) bond motifs is 1. The summed E-state index contributed by atoms with van der Waals surface area (Å²) in [4.78, 5) is 21.4. The lowest BCUT2D eigenvalue weighted by atomic mass is 10.1. The molecular formula is C17H21N3OS. The highest BCUT2D eigenvalue weighted by atomic mass is 32.1. The van der Waals surface area contributed by atoms with Crippen molar-refractivity contribution >= 4 is 28.6 Å². The molecule has 1 amide bonds. The first-order valence-corrected chi connectivity index (χ1v) is 8.44. The first-order valence-electron chi connectivity index (χ1n) is 7.56. The van der Waals surface area contributed by atoms with E-state index < -0.39 is 0 Å². The average molecular weight is 315 g/mol. The second-order valence-electron chi connectivity index (χ2n) is 6.01. The van der Waals surface area contributed by atoms with Crippen LogP contribution in [0.1, 0.15) is 17.6 Å². The van der Waals surface area contributed by atoms with Gasteiger partial charge in [-0.1, -0.05) is 19.1 Å². The molecule has 0 fully saturated rings. The maximum atomic E-state index is 12.8. The molecule has 0 spiro atoms. The van der Waals surface area contributed by atoms with Crippen molar-refractivity contribution < 1.29 is 4.79 Å². The minimum atomic E-state index is 0.125. The van der Waals surface area contributed by atoms with Gasteiger partial charge in [-0.3, -0.25) is 4.79 Å². The largest absolute Gasteiger partial charge is 0.373 e. The summed E-state index contributed by atoms with van der Waals surface area (Å²) in [6.07, 6.45) is 0.370. The van der Waals surface area contributed by atoms with Crippen LogP contribution in [-0.2, 0) is 11.2 Å². The Kier molecular flexibility index (Phi) is 4.16. The van der Waals surface area contributed by atoms with E-state index in [-0.39, 0.29) is 5.91 Å². The zero-order chi connectivity index (χ0) is 15.7. The molecule has 1 aliphatic rings. The number of benzene rings is 1. The highest BCUT2D eigenvalue weighted by Gasteiger charge is 2.26. The van der Waals surface area contributed by atoms with E-state index in [1.807, 2.05) is 35.4 Å². The van der Waals surface area contributed by atoms with Crippen LogP contribution >= 0.6 is 11.3 Å². The van der Waals surface area contributed by atoms with Crippen LogP contribution in [0.4, 0.5) is 11.4 Å². The molecule has 2 heterocycles. The normalized spacial score (nSPS) is 18.0. The molecule has 1 aliphatic heterocycles. The fraction of sp³-hybridized carbons (Fsp3) is 0.412. The van der Waals surface area contributed by atoms with Gasteiger partial charge in [0, 0.05) is 25.5 Å². The summed E-state index contributed by atoms with van der Waals surface area (Å²) < 4.78 is 0. The Balaban J connectivity index is 1.90. The molecule has 1 aromatic heterocycles. The third-order valence-corrected chi connectivity index (χ3v) is 4.79. The number of hydrogen-bond acceptors (Lipinski definition) is 4. The lowest BCUT2D eigenvalue weighted by Gasteiger charge is -2.24. The van der Waals surface area contributed by atoms with Crippen LogP contribution in [0.15, 0.2) is 29.6 Å². The van der Waals surface area contributed by atoms with Gasteiger partial charge >= 0.3 is 0 Å². The second-order valence-corrected chi connectivity index (χ2v) is 7.08. The maximum Gasteiger partial charge on any atom is 0.233 e. The van der Waals surface area contributed by atoms with Crippen molar-refractivity contribution in [1.29, 1.82) is 0 Å². The second kappa shape index (κ2) is 6.08. The lowest BCUT2D eigenvalue weighted by molar-refractivity contribution is -0.118. The standard InChI is InChI=1S/C17H21N3OS/c1-12-9-19(3)15-6-4-5-7-16(15)20(10-12)17(21)8-14-11-22-13(2)18-14/h4-7,11-12H,8-10H2,1-3H3/t12-/m0/s1. The molecule has 4 nitrogen and oxygen atoms in total. The Hall–Kier alpha value is -1.88. The molecule has 5 heteroatoms. The molecule has 0 N–H and O–H groups in total.